The summed E-state index contributed by atoms with van der Waals surface area (Å²) < 4.78 is 5.10. The van der Waals surface area contributed by atoms with E-state index in [1.165, 1.54) is 0 Å². The van der Waals surface area contributed by atoms with Gasteiger partial charge in [0.15, 0.2) is 5.54 Å². The number of carbonyl (C=O) groups is 3. The highest BCUT2D eigenvalue weighted by molar-refractivity contribution is 6.06. The van der Waals surface area contributed by atoms with Gasteiger partial charge in [-0.2, -0.15) is 0 Å². The fourth-order valence-electron chi connectivity index (χ4n) is 3.34. The van der Waals surface area contributed by atoms with E-state index in [0.717, 1.165) is 21.9 Å². The van der Waals surface area contributed by atoms with Crippen LogP contribution in [0.2, 0.25) is 0 Å². The van der Waals surface area contributed by atoms with Gasteiger partial charge in [0.1, 0.15) is 6.61 Å². The van der Waals surface area contributed by atoms with Gasteiger partial charge in [0.2, 0.25) is 0 Å². The zero-order valence-electron chi connectivity index (χ0n) is 18.1. The number of carboxylic acid groups (broad SMARTS) is 1. The molecule has 0 unspecified atom stereocenters. The van der Waals surface area contributed by atoms with E-state index >= 15 is 0 Å². The van der Waals surface area contributed by atoms with Gasteiger partial charge in [-0.05, 0) is 40.8 Å². The number of hydrogen-bond donors (Lipinski definition) is 4. The van der Waals surface area contributed by atoms with E-state index < -0.39 is 23.5 Å². The molecule has 172 valence electrons. The molecule has 0 aromatic heterocycles. The second-order valence-corrected chi connectivity index (χ2v) is 7.73. The average molecular weight is 450 g/mol. The number of rotatable bonds is 10. The van der Waals surface area contributed by atoms with Crippen LogP contribution in [0.1, 0.15) is 24.0 Å². The summed E-state index contributed by atoms with van der Waals surface area (Å²) in [6.07, 6.45) is -0.588. The molecule has 3 aromatic rings. The highest BCUT2D eigenvalue weighted by Gasteiger charge is 2.41. The second-order valence-electron chi connectivity index (χ2n) is 7.73. The third-order valence-electron chi connectivity index (χ3n) is 5.28. The number of ether oxygens (including phenoxy) is 1. The van der Waals surface area contributed by atoms with Gasteiger partial charge in [-0.15, -0.1) is 0 Å². The van der Waals surface area contributed by atoms with Crippen molar-refractivity contribution in [3.8, 4) is 0 Å². The minimum absolute atomic E-state index is 0.123. The van der Waals surface area contributed by atoms with Crippen LogP contribution in [0.25, 0.3) is 10.8 Å². The Morgan fingerprint density at radius 2 is 1.58 bits per heavy atom. The highest BCUT2D eigenvalue weighted by Crippen LogP contribution is 2.16. The van der Waals surface area contributed by atoms with Crippen LogP contribution in [-0.2, 0) is 27.5 Å². The van der Waals surface area contributed by atoms with Gasteiger partial charge in [0.05, 0.1) is 0 Å². The maximum atomic E-state index is 12.6. The number of nitrogens with two attached hydrogens (primary N) is 1. The van der Waals surface area contributed by atoms with Gasteiger partial charge in [-0.25, -0.2) is 9.59 Å². The maximum Gasteiger partial charge on any atom is 0.407 e. The number of benzene rings is 3. The number of amides is 2. The van der Waals surface area contributed by atoms with Crippen molar-refractivity contribution in [2.24, 2.45) is 5.73 Å². The molecule has 0 aliphatic carbocycles. The average Bonchev–Trinajstić information content (AvgIpc) is 2.84. The Morgan fingerprint density at radius 1 is 0.879 bits per heavy atom. The molecule has 2 amide bonds. The molecule has 0 spiro atoms. The van der Waals surface area contributed by atoms with Crippen molar-refractivity contribution in [2.75, 3.05) is 6.54 Å². The number of alkyl carbamates (subject to hydrolysis) is 1. The second kappa shape index (κ2) is 11.1. The summed E-state index contributed by atoms with van der Waals surface area (Å²) in [5, 5.41) is 16.8. The van der Waals surface area contributed by atoms with Crippen molar-refractivity contribution in [3.05, 3.63) is 83.9 Å². The summed E-state index contributed by atoms with van der Waals surface area (Å²) in [5.74, 6) is -2.21. The smallest absolute Gasteiger partial charge is 0.407 e. The first-order valence-corrected chi connectivity index (χ1v) is 10.6. The van der Waals surface area contributed by atoms with Gasteiger partial charge in [0.25, 0.3) is 5.91 Å². The Labute approximate surface area is 191 Å². The molecule has 8 nitrogen and oxygen atoms in total. The summed E-state index contributed by atoms with van der Waals surface area (Å²) in [6, 6.07) is 22.8. The minimum Gasteiger partial charge on any atom is -0.479 e. The van der Waals surface area contributed by atoms with Crippen LogP contribution < -0.4 is 16.4 Å². The molecular weight excluding hydrogens is 422 g/mol. The third kappa shape index (κ3) is 6.54. The highest BCUT2D eigenvalue weighted by atomic mass is 16.5. The van der Waals surface area contributed by atoms with E-state index in [2.05, 4.69) is 10.6 Å². The molecule has 1 atom stereocenters. The molecule has 33 heavy (non-hydrogen) atoms. The molecule has 0 fully saturated rings. The monoisotopic (exact) mass is 449 g/mol. The number of carbonyl (C=O) groups excluding carboxylic acids is 2. The topological polar surface area (TPSA) is 131 Å². The Bertz CT molecular complexity index is 1120. The van der Waals surface area contributed by atoms with Crippen molar-refractivity contribution >= 4 is 28.7 Å². The summed E-state index contributed by atoms with van der Waals surface area (Å²) in [6.45, 7) is 0.400. The van der Waals surface area contributed by atoms with E-state index in [0.29, 0.717) is 0 Å². The first kappa shape index (κ1) is 23.7. The molecule has 0 bridgehead atoms. The van der Waals surface area contributed by atoms with Gasteiger partial charge in [0, 0.05) is 13.1 Å². The minimum atomic E-state index is -2.10. The Morgan fingerprint density at radius 3 is 2.30 bits per heavy atom. The van der Waals surface area contributed by atoms with Crippen LogP contribution in [-0.4, -0.2) is 35.2 Å². The molecule has 0 aliphatic heterocycles. The molecule has 0 heterocycles. The largest absolute Gasteiger partial charge is 0.479 e. The lowest BCUT2D eigenvalue weighted by Gasteiger charge is -2.23. The molecule has 8 heteroatoms. The van der Waals surface area contributed by atoms with Gasteiger partial charge < -0.3 is 26.2 Å². The lowest BCUT2D eigenvalue weighted by molar-refractivity contribution is -0.149. The molecule has 3 rings (SSSR count). The number of nitrogens with one attached hydrogen (secondary N) is 2. The van der Waals surface area contributed by atoms with Crippen LogP contribution in [0.3, 0.4) is 0 Å². The summed E-state index contributed by atoms with van der Waals surface area (Å²) >= 11 is 0. The van der Waals surface area contributed by atoms with Gasteiger partial charge >= 0.3 is 12.1 Å². The van der Waals surface area contributed by atoms with Crippen LogP contribution in [0.4, 0.5) is 4.79 Å². The molecule has 5 N–H and O–H groups in total. The van der Waals surface area contributed by atoms with E-state index in [1.807, 2.05) is 72.8 Å². The number of hydrogen-bond acceptors (Lipinski definition) is 5. The fraction of sp³-hybridized carbons (Fsp3) is 0.240. The Hall–Kier alpha value is -3.91. The lowest BCUT2D eigenvalue weighted by Crippen LogP contribution is -2.59. The molecule has 3 aromatic carbocycles. The Balaban J connectivity index is 1.46. The predicted molar refractivity (Wildman–Crippen MR) is 124 cm³/mol. The van der Waals surface area contributed by atoms with Crippen LogP contribution in [0.5, 0.6) is 0 Å². The number of fused-ring (bicyclic) bond motifs is 1. The lowest BCUT2D eigenvalue weighted by atomic mass is 9.93. The predicted octanol–water partition coefficient (Wildman–Crippen LogP) is 2.94. The van der Waals surface area contributed by atoms with E-state index in [9.17, 15) is 19.5 Å². The summed E-state index contributed by atoms with van der Waals surface area (Å²) in [4.78, 5) is 36.1. The van der Waals surface area contributed by atoms with Crippen LogP contribution >= 0.6 is 0 Å². The summed E-state index contributed by atoms with van der Waals surface area (Å²) in [5.41, 5.74) is 5.51. The third-order valence-corrected chi connectivity index (χ3v) is 5.28. The van der Waals surface area contributed by atoms with Crippen LogP contribution in [0, 0.1) is 0 Å². The first-order valence-electron chi connectivity index (χ1n) is 10.6. The zero-order valence-corrected chi connectivity index (χ0v) is 18.1. The molecule has 0 saturated heterocycles. The Kier molecular flexibility index (Phi) is 7.99. The summed E-state index contributed by atoms with van der Waals surface area (Å²) in [7, 11) is 0. The van der Waals surface area contributed by atoms with Crippen molar-refractivity contribution < 1.29 is 24.2 Å². The van der Waals surface area contributed by atoms with Crippen molar-refractivity contribution in [3.63, 3.8) is 0 Å². The first-order chi connectivity index (χ1) is 15.9. The molecule has 0 radical (unpaired) electrons. The molecular formula is C25H27N3O5. The van der Waals surface area contributed by atoms with E-state index in [-0.39, 0.29) is 32.5 Å². The normalized spacial score (nSPS) is 12.5. The van der Waals surface area contributed by atoms with Crippen molar-refractivity contribution in [1.82, 2.24) is 10.6 Å². The van der Waals surface area contributed by atoms with E-state index in [1.54, 1.807) is 0 Å². The SMILES string of the molecule is N[C@@](CCCNC(=O)OCc1ccccc1)(C(=O)O)C(=O)NCc1ccc2ccccc2c1. The quantitative estimate of drug-likeness (QED) is 0.278. The number of aliphatic carboxylic acids is 1. The van der Waals surface area contributed by atoms with E-state index in [4.69, 9.17) is 10.5 Å². The van der Waals surface area contributed by atoms with Gasteiger partial charge in [-0.1, -0.05) is 66.7 Å². The van der Waals surface area contributed by atoms with Crippen LogP contribution in [0.15, 0.2) is 72.8 Å². The fourth-order valence-corrected chi connectivity index (χ4v) is 3.34. The number of carboxylic acids is 1. The maximum absolute atomic E-state index is 12.6. The molecule has 0 saturated carbocycles. The van der Waals surface area contributed by atoms with Crippen molar-refractivity contribution in [2.45, 2.75) is 31.5 Å². The zero-order chi connectivity index (χ0) is 23.7. The van der Waals surface area contributed by atoms with Crippen molar-refractivity contribution in [1.29, 1.82) is 0 Å². The molecule has 0 aliphatic rings. The van der Waals surface area contributed by atoms with Gasteiger partial charge in [-0.3, -0.25) is 4.79 Å². The standard InChI is InChI=1S/C25H27N3O5/c26-25(23(30)31,13-6-14-27-24(32)33-17-18-7-2-1-3-8-18)22(29)28-16-19-11-12-20-9-4-5-10-21(20)15-19/h1-5,7-12,15H,6,13-14,16-17,26H2,(H,27,32)(H,28,29)(H,30,31)/t25-/m1/s1.